The number of carbonyl (C=O) groups excluding carboxylic acids is 2. The number of nitrogens with zero attached hydrogens (tertiary/aromatic N) is 1. The lowest BCUT2D eigenvalue weighted by Crippen LogP contribution is -2.38. The minimum Gasteiger partial charge on any atom is -0.465 e. The highest BCUT2D eigenvalue weighted by molar-refractivity contribution is 7.99. The SMILES string of the molecule is COC(=O)c1c(-c2ccccc2Cl)csc1NC(=O)CN1CCSCC1. The van der Waals surface area contributed by atoms with E-state index >= 15 is 0 Å². The highest BCUT2D eigenvalue weighted by Crippen LogP contribution is 2.39. The number of hydrogen-bond donors (Lipinski definition) is 1. The van der Waals surface area contributed by atoms with Crippen LogP contribution in [-0.4, -0.2) is 55.0 Å². The zero-order chi connectivity index (χ0) is 18.5. The second kappa shape index (κ2) is 8.90. The van der Waals surface area contributed by atoms with Crippen molar-refractivity contribution in [3.8, 4) is 11.1 Å². The molecule has 0 spiro atoms. The Labute approximate surface area is 165 Å². The summed E-state index contributed by atoms with van der Waals surface area (Å²) in [5, 5.41) is 5.72. The molecule has 0 saturated carbocycles. The maximum absolute atomic E-state index is 12.4. The van der Waals surface area contributed by atoms with E-state index in [2.05, 4.69) is 10.2 Å². The van der Waals surface area contributed by atoms with E-state index in [4.69, 9.17) is 16.3 Å². The summed E-state index contributed by atoms with van der Waals surface area (Å²) < 4.78 is 4.93. The number of nitrogens with one attached hydrogen (secondary N) is 1. The van der Waals surface area contributed by atoms with Crippen molar-refractivity contribution >= 4 is 51.6 Å². The number of hydrogen-bond acceptors (Lipinski definition) is 6. The van der Waals surface area contributed by atoms with Crippen molar-refractivity contribution in [2.24, 2.45) is 0 Å². The Morgan fingerprint density at radius 3 is 2.65 bits per heavy atom. The van der Waals surface area contributed by atoms with E-state index in [-0.39, 0.29) is 5.91 Å². The van der Waals surface area contributed by atoms with Crippen molar-refractivity contribution in [1.82, 2.24) is 4.90 Å². The Bertz CT molecular complexity index is 803. The van der Waals surface area contributed by atoms with Gasteiger partial charge >= 0.3 is 5.97 Å². The number of thioether (sulfide) groups is 1. The first-order valence-corrected chi connectivity index (χ1v) is 10.6. The van der Waals surface area contributed by atoms with Crippen molar-refractivity contribution in [2.45, 2.75) is 0 Å². The first kappa shape index (κ1) is 19.2. The molecule has 26 heavy (non-hydrogen) atoms. The number of methoxy groups -OCH3 is 1. The molecule has 0 unspecified atom stereocenters. The largest absolute Gasteiger partial charge is 0.465 e. The summed E-state index contributed by atoms with van der Waals surface area (Å²) in [6, 6.07) is 7.29. The number of thiophene rings is 1. The lowest BCUT2D eigenvalue weighted by molar-refractivity contribution is -0.117. The third-order valence-corrected chi connectivity index (χ3v) is 6.24. The van der Waals surface area contributed by atoms with Gasteiger partial charge in [-0.15, -0.1) is 11.3 Å². The monoisotopic (exact) mass is 410 g/mol. The highest BCUT2D eigenvalue weighted by Gasteiger charge is 2.24. The number of amides is 1. The van der Waals surface area contributed by atoms with Gasteiger partial charge in [0.05, 0.1) is 13.7 Å². The minimum absolute atomic E-state index is 0.130. The molecule has 1 amide bonds. The van der Waals surface area contributed by atoms with Crippen LogP contribution in [0.1, 0.15) is 10.4 Å². The summed E-state index contributed by atoms with van der Waals surface area (Å²) in [5.74, 6) is 1.45. The third kappa shape index (κ3) is 4.40. The summed E-state index contributed by atoms with van der Waals surface area (Å²) in [5.41, 5.74) is 1.74. The molecule has 0 radical (unpaired) electrons. The lowest BCUT2D eigenvalue weighted by atomic mass is 10.0. The van der Waals surface area contributed by atoms with Gasteiger partial charge in [-0.3, -0.25) is 9.69 Å². The fraction of sp³-hybridized carbons (Fsp3) is 0.333. The molecule has 2 heterocycles. The fourth-order valence-corrected chi connectivity index (χ4v) is 4.94. The van der Waals surface area contributed by atoms with Crippen LogP contribution in [0.2, 0.25) is 5.02 Å². The highest BCUT2D eigenvalue weighted by atomic mass is 35.5. The molecule has 1 saturated heterocycles. The molecule has 3 rings (SSSR count). The topological polar surface area (TPSA) is 58.6 Å². The Hall–Kier alpha value is -1.54. The molecule has 1 fully saturated rings. The second-order valence-electron chi connectivity index (χ2n) is 5.76. The smallest absolute Gasteiger partial charge is 0.341 e. The van der Waals surface area contributed by atoms with Gasteiger partial charge in [-0.25, -0.2) is 4.79 Å². The predicted octanol–water partition coefficient (Wildman–Crippen LogP) is 3.84. The van der Waals surface area contributed by atoms with Crippen molar-refractivity contribution < 1.29 is 14.3 Å². The van der Waals surface area contributed by atoms with Gasteiger partial charge in [0.15, 0.2) is 0 Å². The van der Waals surface area contributed by atoms with Crippen LogP contribution in [0.3, 0.4) is 0 Å². The molecule has 5 nitrogen and oxygen atoms in total. The van der Waals surface area contributed by atoms with Gasteiger partial charge in [0.1, 0.15) is 10.6 Å². The van der Waals surface area contributed by atoms with Gasteiger partial charge < -0.3 is 10.1 Å². The number of halogens is 1. The Kier molecular flexibility index (Phi) is 6.58. The molecular weight excluding hydrogens is 392 g/mol. The van der Waals surface area contributed by atoms with Crippen molar-refractivity contribution in [2.75, 3.05) is 43.6 Å². The van der Waals surface area contributed by atoms with Crippen LogP contribution in [0.15, 0.2) is 29.6 Å². The third-order valence-electron chi connectivity index (χ3n) is 4.07. The maximum Gasteiger partial charge on any atom is 0.341 e. The van der Waals surface area contributed by atoms with Crippen molar-refractivity contribution in [1.29, 1.82) is 0 Å². The molecule has 2 aromatic rings. The van der Waals surface area contributed by atoms with Crippen LogP contribution in [0, 0.1) is 0 Å². The van der Waals surface area contributed by atoms with Gasteiger partial charge in [-0.2, -0.15) is 11.8 Å². The Balaban J connectivity index is 1.84. The summed E-state index contributed by atoms with van der Waals surface area (Å²) in [6.07, 6.45) is 0. The standard InChI is InChI=1S/C18H19ClN2O3S2/c1-24-18(23)16-13(12-4-2-3-5-14(12)19)11-26-17(16)20-15(22)10-21-6-8-25-9-7-21/h2-5,11H,6-10H2,1H3,(H,20,22). The first-order valence-electron chi connectivity index (χ1n) is 8.15. The number of rotatable bonds is 5. The van der Waals surface area contributed by atoms with Crippen LogP contribution >= 0.6 is 34.7 Å². The van der Waals surface area contributed by atoms with Gasteiger partial charge in [-0.05, 0) is 6.07 Å². The van der Waals surface area contributed by atoms with Gasteiger partial charge in [0, 0.05) is 46.1 Å². The van der Waals surface area contributed by atoms with E-state index in [1.54, 1.807) is 6.07 Å². The molecule has 8 heteroatoms. The molecule has 1 aromatic carbocycles. The van der Waals surface area contributed by atoms with Crippen LogP contribution in [0.4, 0.5) is 5.00 Å². The Morgan fingerprint density at radius 2 is 1.96 bits per heavy atom. The quantitative estimate of drug-likeness (QED) is 0.759. The normalized spacial score (nSPS) is 14.8. The van der Waals surface area contributed by atoms with E-state index < -0.39 is 5.97 Å². The lowest BCUT2D eigenvalue weighted by Gasteiger charge is -2.25. The molecule has 0 atom stereocenters. The molecule has 1 aliphatic rings. The zero-order valence-corrected chi connectivity index (χ0v) is 16.7. The van der Waals surface area contributed by atoms with Gasteiger partial charge in [0.2, 0.25) is 5.91 Å². The molecule has 138 valence electrons. The van der Waals surface area contributed by atoms with Crippen LogP contribution in [-0.2, 0) is 9.53 Å². The van der Waals surface area contributed by atoms with Crippen LogP contribution in [0.5, 0.6) is 0 Å². The summed E-state index contributed by atoms with van der Waals surface area (Å²) in [4.78, 5) is 26.9. The molecule has 0 bridgehead atoms. The Morgan fingerprint density at radius 1 is 1.23 bits per heavy atom. The van der Waals surface area contributed by atoms with E-state index in [1.165, 1.54) is 18.4 Å². The van der Waals surface area contributed by atoms with Crippen LogP contribution < -0.4 is 5.32 Å². The predicted molar refractivity (Wildman–Crippen MR) is 108 cm³/mol. The number of anilines is 1. The van der Waals surface area contributed by atoms with E-state index in [0.717, 1.165) is 30.2 Å². The molecule has 1 N–H and O–H groups in total. The van der Waals surface area contributed by atoms with Gasteiger partial charge in [-0.1, -0.05) is 29.8 Å². The zero-order valence-electron chi connectivity index (χ0n) is 14.3. The van der Waals surface area contributed by atoms with Crippen LogP contribution in [0.25, 0.3) is 11.1 Å². The van der Waals surface area contributed by atoms with Gasteiger partial charge in [0.25, 0.3) is 0 Å². The number of carbonyl (C=O) groups is 2. The van der Waals surface area contributed by atoms with Crippen molar-refractivity contribution in [3.63, 3.8) is 0 Å². The number of benzene rings is 1. The molecular formula is C18H19ClN2O3S2. The minimum atomic E-state index is -0.495. The number of esters is 1. The van der Waals surface area contributed by atoms with E-state index in [1.807, 2.05) is 35.3 Å². The summed E-state index contributed by atoms with van der Waals surface area (Å²) >= 11 is 9.48. The molecule has 1 aromatic heterocycles. The van der Waals surface area contributed by atoms with E-state index in [9.17, 15) is 9.59 Å². The fourth-order valence-electron chi connectivity index (χ4n) is 2.76. The molecule has 1 aliphatic heterocycles. The summed E-state index contributed by atoms with van der Waals surface area (Å²) in [7, 11) is 1.33. The molecule has 0 aliphatic carbocycles. The first-order chi connectivity index (χ1) is 12.6. The number of ether oxygens (including phenoxy) is 1. The van der Waals surface area contributed by atoms with E-state index in [0.29, 0.717) is 27.7 Å². The summed E-state index contributed by atoms with van der Waals surface area (Å²) in [6.45, 7) is 2.12. The average molecular weight is 411 g/mol. The maximum atomic E-state index is 12.4. The second-order valence-corrected chi connectivity index (χ2v) is 8.27. The van der Waals surface area contributed by atoms with Crippen molar-refractivity contribution in [3.05, 3.63) is 40.2 Å². The average Bonchev–Trinajstić information content (AvgIpc) is 3.05.